The van der Waals surface area contributed by atoms with E-state index < -0.39 is 6.04 Å². The second-order valence-electron chi connectivity index (χ2n) is 7.66. The molecule has 3 aromatic rings. The van der Waals surface area contributed by atoms with Crippen molar-refractivity contribution in [3.05, 3.63) is 58.4 Å². The third-order valence-electron chi connectivity index (χ3n) is 5.86. The van der Waals surface area contributed by atoms with Gasteiger partial charge in [-0.2, -0.15) is 5.26 Å². The van der Waals surface area contributed by atoms with Crippen molar-refractivity contribution in [2.75, 3.05) is 6.54 Å². The van der Waals surface area contributed by atoms with E-state index in [2.05, 4.69) is 28.6 Å². The van der Waals surface area contributed by atoms with Gasteiger partial charge in [0.1, 0.15) is 6.04 Å². The van der Waals surface area contributed by atoms with Crippen LogP contribution in [-0.4, -0.2) is 29.5 Å². The minimum absolute atomic E-state index is 0.110. The number of nitriles is 1. The van der Waals surface area contributed by atoms with Crippen LogP contribution < -0.4 is 16.2 Å². The first kappa shape index (κ1) is 19.2. The highest BCUT2D eigenvalue weighted by Crippen LogP contribution is 2.23. The van der Waals surface area contributed by atoms with Gasteiger partial charge in [-0.05, 0) is 42.0 Å². The zero-order chi connectivity index (χ0) is 20.4. The molecule has 6 heteroatoms. The number of amides is 1. The van der Waals surface area contributed by atoms with Crippen molar-refractivity contribution in [2.45, 2.75) is 38.3 Å². The maximum atomic E-state index is 12.6. The van der Waals surface area contributed by atoms with E-state index in [0.717, 1.165) is 41.2 Å². The van der Waals surface area contributed by atoms with Crippen molar-refractivity contribution in [3.63, 3.8) is 0 Å². The molecule has 0 spiro atoms. The lowest BCUT2D eigenvalue weighted by Gasteiger charge is -2.20. The molecule has 148 valence electrons. The molecule has 2 heterocycles. The average Bonchev–Trinajstić information content (AvgIpc) is 3.22. The van der Waals surface area contributed by atoms with Crippen LogP contribution in [0, 0.1) is 17.2 Å². The quantitative estimate of drug-likeness (QED) is 0.585. The predicted molar refractivity (Wildman–Crippen MR) is 114 cm³/mol. The highest BCUT2D eigenvalue weighted by Gasteiger charge is 2.32. The lowest BCUT2D eigenvalue weighted by molar-refractivity contribution is -0.124. The van der Waals surface area contributed by atoms with Crippen molar-refractivity contribution in [1.82, 2.24) is 15.6 Å². The van der Waals surface area contributed by atoms with Gasteiger partial charge in [-0.3, -0.25) is 9.59 Å². The van der Waals surface area contributed by atoms with Crippen LogP contribution in [0.3, 0.4) is 0 Å². The summed E-state index contributed by atoms with van der Waals surface area (Å²) < 4.78 is 0. The van der Waals surface area contributed by atoms with Crippen LogP contribution >= 0.6 is 0 Å². The summed E-state index contributed by atoms with van der Waals surface area (Å²) in [6.45, 7) is 2.92. The Bertz CT molecular complexity index is 1160. The minimum Gasteiger partial charge on any atom is -0.339 e. The topological polar surface area (TPSA) is 97.8 Å². The van der Waals surface area contributed by atoms with Crippen LogP contribution in [0.1, 0.15) is 25.3 Å². The normalized spacial score (nSPS) is 19.9. The zero-order valence-electron chi connectivity index (χ0n) is 16.4. The number of aromatic amines is 1. The zero-order valence-corrected chi connectivity index (χ0v) is 16.4. The van der Waals surface area contributed by atoms with Gasteiger partial charge in [0.15, 0.2) is 0 Å². The molecule has 1 aliphatic heterocycles. The summed E-state index contributed by atoms with van der Waals surface area (Å²) in [5, 5.41) is 18.2. The van der Waals surface area contributed by atoms with Gasteiger partial charge >= 0.3 is 0 Å². The van der Waals surface area contributed by atoms with Gasteiger partial charge < -0.3 is 15.6 Å². The van der Waals surface area contributed by atoms with E-state index in [1.54, 1.807) is 0 Å². The molecule has 3 N–H and O–H groups in total. The van der Waals surface area contributed by atoms with Crippen molar-refractivity contribution in [2.24, 2.45) is 5.92 Å². The maximum absolute atomic E-state index is 12.6. The number of benzene rings is 2. The Kier molecular flexibility index (Phi) is 5.32. The SMILES string of the molecule is CCC1CCNC1C(=O)NC(C#N)Cc1ccc2c(c1)[nH]c(=O)c1ccccc12. The maximum Gasteiger partial charge on any atom is 0.256 e. The third kappa shape index (κ3) is 3.74. The molecule has 2 aromatic carbocycles. The summed E-state index contributed by atoms with van der Waals surface area (Å²) in [6.07, 6.45) is 2.31. The van der Waals surface area contributed by atoms with Gasteiger partial charge in [-0.1, -0.05) is 43.7 Å². The number of aromatic nitrogens is 1. The van der Waals surface area contributed by atoms with E-state index in [1.807, 2.05) is 42.5 Å². The number of hydrogen-bond donors (Lipinski definition) is 3. The Morgan fingerprint density at radius 2 is 2.03 bits per heavy atom. The van der Waals surface area contributed by atoms with Gasteiger partial charge in [-0.15, -0.1) is 0 Å². The first-order chi connectivity index (χ1) is 14.1. The van der Waals surface area contributed by atoms with E-state index in [1.165, 1.54) is 0 Å². The van der Waals surface area contributed by atoms with Crippen molar-refractivity contribution in [1.29, 1.82) is 5.26 Å². The van der Waals surface area contributed by atoms with E-state index in [9.17, 15) is 14.9 Å². The molecule has 1 aromatic heterocycles. The Hall–Kier alpha value is -3.17. The summed E-state index contributed by atoms with van der Waals surface area (Å²) in [5.41, 5.74) is 1.49. The highest BCUT2D eigenvalue weighted by atomic mass is 16.2. The lowest BCUT2D eigenvalue weighted by atomic mass is 9.96. The number of fused-ring (bicyclic) bond motifs is 3. The van der Waals surface area contributed by atoms with E-state index in [0.29, 0.717) is 17.7 Å². The summed E-state index contributed by atoms with van der Waals surface area (Å²) in [5.74, 6) is 0.203. The molecule has 0 bridgehead atoms. The molecular weight excluding hydrogens is 364 g/mol. The molecule has 1 aliphatic rings. The number of H-pyrrole nitrogens is 1. The van der Waals surface area contributed by atoms with Crippen LogP contribution in [0.4, 0.5) is 0 Å². The Morgan fingerprint density at radius 3 is 2.79 bits per heavy atom. The number of pyridine rings is 1. The summed E-state index contributed by atoms with van der Waals surface area (Å²) in [7, 11) is 0. The molecule has 3 unspecified atom stereocenters. The monoisotopic (exact) mass is 388 g/mol. The molecule has 0 saturated carbocycles. The van der Waals surface area contributed by atoms with Crippen LogP contribution in [0.25, 0.3) is 21.7 Å². The van der Waals surface area contributed by atoms with Gasteiger partial charge in [0.05, 0.1) is 12.1 Å². The molecule has 29 heavy (non-hydrogen) atoms. The molecule has 0 aliphatic carbocycles. The summed E-state index contributed by atoms with van der Waals surface area (Å²) in [6, 6.07) is 14.7. The molecule has 0 radical (unpaired) electrons. The molecule has 1 amide bonds. The fourth-order valence-electron chi connectivity index (χ4n) is 4.29. The van der Waals surface area contributed by atoms with Crippen molar-refractivity contribution < 1.29 is 4.79 Å². The molecule has 4 rings (SSSR count). The second kappa shape index (κ2) is 8.06. The van der Waals surface area contributed by atoms with Gasteiger partial charge in [0.25, 0.3) is 5.56 Å². The lowest BCUT2D eigenvalue weighted by Crippen LogP contribution is -2.47. The third-order valence-corrected chi connectivity index (χ3v) is 5.86. The largest absolute Gasteiger partial charge is 0.339 e. The minimum atomic E-state index is -0.618. The van der Waals surface area contributed by atoms with Gasteiger partial charge in [-0.25, -0.2) is 0 Å². The Morgan fingerprint density at radius 1 is 1.24 bits per heavy atom. The second-order valence-corrected chi connectivity index (χ2v) is 7.66. The number of rotatable bonds is 5. The molecule has 1 fully saturated rings. The number of hydrogen-bond acceptors (Lipinski definition) is 4. The standard InChI is InChI=1S/C23H24N4O2/c1-2-15-9-10-25-21(15)23(29)26-16(13-24)11-14-7-8-18-17-5-3-4-6-19(17)22(28)27-20(18)12-14/h3-8,12,15-16,21,25H,2,9-11H2,1H3,(H,26,29)(H,27,28). The van der Waals surface area contributed by atoms with Gasteiger partial charge in [0.2, 0.25) is 5.91 Å². The molecular formula is C23H24N4O2. The van der Waals surface area contributed by atoms with E-state index in [4.69, 9.17) is 0 Å². The molecule has 3 atom stereocenters. The first-order valence-corrected chi connectivity index (χ1v) is 10.1. The molecule has 6 nitrogen and oxygen atoms in total. The van der Waals surface area contributed by atoms with Crippen molar-refractivity contribution >= 4 is 27.6 Å². The van der Waals surface area contributed by atoms with E-state index in [-0.39, 0.29) is 17.5 Å². The highest BCUT2D eigenvalue weighted by molar-refractivity contribution is 6.05. The Labute approximate surface area is 168 Å². The van der Waals surface area contributed by atoms with Crippen LogP contribution in [0.5, 0.6) is 0 Å². The Balaban J connectivity index is 1.56. The average molecular weight is 388 g/mol. The molecule has 1 saturated heterocycles. The summed E-state index contributed by atoms with van der Waals surface area (Å²) >= 11 is 0. The van der Waals surface area contributed by atoms with Crippen LogP contribution in [-0.2, 0) is 11.2 Å². The number of carbonyl (C=O) groups is 1. The van der Waals surface area contributed by atoms with Crippen molar-refractivity contribution in [3.8, 4) is 6.07 Å². The van der Waals surface area contributed by atoms with E-state index >= 15 is 0 Å². The number of nitrogens with one attached hydrogen (secondary N) is 3. The first-order valence-electron chi connectivity index (χ1n) is 10.1. The number of carbonyl (C=O) groups excluding carboxylic acids is 1. The predicted octanol–water partition coefficient (Wildman–Crippen LogP) is 2.62. The smallest absolute Gasteiger partial charge is 0.256 e. The fraction of sp³-hybridized carbons (Fsp3) is 0.348. The fourth-order valence-corrected chi connectivity index (χ4v) is 4.29. The summed E-state index contributed by atoms with van der Waals surface area (Å²) in [4.78, 5) is 27.9. The van der Waals surface area contributed by atoms with Gasteiger partial charge in [0, 0.05) is 22.7 Å². The van der Waals surface area contributed by atoms with Crippen LogP contribution in [0.15, 0.2) is 47.3 Å². The van der Waals surface area contributed by atoms with Crippen LogP contribution in [0.2, 0.25) is 0 Å². The number of nitrogens with zero attached hydrogens (tertiary/aromatic N) is 1.